The molecule has 2 rings (SSSR count). The van der Waals surface area contributed by atoms with Gasteiger partial charge in [-0.1, -0.05) is 12.1 Å². The smallest absolute Gasteiger partial charge is 0.258 e. The molecule has 0 N–H and O–H groups in total. The van der Waals surface area contributed by atoms with Gasteiger partial charge in [0.05, 0.1) is 5.38 Å². The van der Waals surface area contributed by atoms with Crippen LogP contribution < -0.4 is 0 Å². The first-order chi connectivity index (χ1) is 8.10. The van der Waals surface area contributed by atoms with Gasteiger partial charge in [-0.15, -0.1) is 11.6 Å². The minimum absolute atomic E-state index is 0.276. The van der Waals surface area contributed by atoms with Crippen molar-refractivity contribution in [3.8, 4) is 11.5 Å². The van der Waals surface area contributed by atoms with E-state index >= 15 is 0 Å². The van der Waals surface area contributed by atoms with E-state index in [4.69, 9.17) is 16.1 Å². The maximum atomic E-state index is 13.2. The van der Waals surface area contributed by atoms with Crippen LogP contribution in [-0.2, 0) is 0 Å². The van der Waals surface area contributed by atoms with E-state index in [-0.39, 0.29) is 11.2 Å². The fraction of sp³-hybridized carbons (Fsp3) is 0.333. The van der Waals surface area contributed by atoms with Crippen LogP contribution in [0.1, 0.15) is 30.1 Å². The summed E-state index contributed by atoms with van der Waals surface area (Å²) in [5.74, 6) is 0.408. The lowest BCUT2D eigenvalue weighted by atomic mass is 10.1. The number of hydrogen-bond acceptors (Lipinski definition) is 3. The quantitative estimate of drug-likeness (QED) is 0.781. The third-order valence-electron chi connectivity index (χ3n) is 2.37. The summed E-state index contributed by atoms with van der Waals surface area (Å²) in [5.41, 5.74) is 1.37. The summed E-state index contributed by atoms with van der Waals surface area (Å²) in [6.07, 6.45) is 0.711. The molecule has 0 bridgehead atoms. The number of nitrogens with zero attached hydrogens (tertiary/aromatic N) is 2. The average Bonchev–Trinajstić information content (AvgIpc) is 2.76. The van der Waals surface area contributed by atoms with Crippen molar-refractivity contribution < 1.29 is 8.91 Å². The van der Waals surface area contributed by atoms with Gasteiger partial charge in [0.15, 0.2) is 5.82 Å². The molecule has 17 heavy (non-hydrogen) atoms. The van der Waals surface area contributed by atoms with Gasteiger partial charge in [-0.25, -0.2) is 4.39 Å². The first-order valence-corrected chi connectivity index (χ1v) is 5.79. The lowest BCUT2D eigenvalue weighted by Gasteiger charge is -1.98. The van der Waals surface area contributed by atoms with E-state index in [1.165, 1.54) is 12.1 Å². The van der Waals surface area contributed by atoms with E-state index in [1.807, 2.05) is 6.92 Å². The standard InChI is InChI=1S/C12H12ClFN2O/c1-3-10(13)11-15-12(17-16-11)8-4-7(2)5-9(14)6-8/h4-6,10H,3H2,1-2H3. The van der Waals surface area contributed by atoms with Crippen molar-refractivity contribution in [1.82, 2.24) is 10.1 Å². The summed E-state index contributed by atoms with van der Waals surface area (Å²) in [5, 5.41) is 3.51. The van der Waals surface area contributed by atoms with Crippen LogP contribution in [0.4, 0.5) is 4.39 Å². The molecule has 0 amide bonds. The molecule has 0 aliphatic heterocycles. The minimum Gasteiger partial charge on any atom is -0.334 e. The highest BCUT2D eigenvalue weighted by atomic mass is 35.5. The van der Waals surface area contributed by atoms with E-state index in [1.54, 1.807) is 13.0 Å². The zero-order chi connectivity index (χ0) is 12.4. The van der Waals surface area contributed by atoms with Crippen LogP contribution in [-0.4, -0.2) is 10.1 Å². The van der Waals surface area contributed by atoms with Gasteiger partial charge < -0.3 is 4.52 Å². The Balaban J connectivity index is 2.36. The highest BCUT2D eigenvalue weighted by Crippen LogP contribution is 2.25. The molecular weight excluding hydrogens is 243 g/mol. The minimum atomic E-state index is -0.322. The van der Waals surface area contributed by atoms with Crippen molar-refractivity contribution in [2.75, 3.05) is 0 Å². The number of halogens is 2. The Kier molecular flexibility index (Phi) is 3.43. The van der Waals surface area contributed by atoms with E-state index < -0.39 is 0 Å². The molecule has 1 unspecified atom stereocenters. The molecule has 3 nitrogen and oxygen atoms in total. The predicted octanol–water partition coefficient (Wildman–Crippen LogP) is 3.87. The van der Waals surface area contributed by atoms with E-state index in [0.29, 0.717) is 23.7 Å². The topological polar surface area (TPSA) is 38.9 Å². The molecule has 0 spiro atoms. The second-order valence-corrected chi connectivity index (χ2v) is 4.38. The Morgan fingerprint density at radius 1 is 1.41 bits per heavy atom. The van der Waals surface area contributed by atoms with Crippen molar-refractivity contribution in [1.29, 1.82) is 0 Å². The largest absolute Gasteiger partial charge is 0.334 e. The van der Waals surface area contributed by atoms with Crippen molar-refractivity contribution in [3.63, 3.8) is 0 Å². The molecule has 0 aliphatic rings. The van der Waals surface area contributed by atoms with E-state index in [2.05, 4.69) is 10.1 Å². The third kappa shape index (κ3) is 2.64. The summed E-state index contributed by atoms with van der Waals surface area (Å²) in [7, 11) is 0. The molecule has 0 aliphatic carbocycles. The van der Waals surface area contributed by atoms with Crippen LogP contribution in [0.25, 0.3) is 11.5 Å². The molecule has 90 valence electrons. The Labute approximate surface area is 104 Å². The molecule has 0 saturated carbocycles. The molecule has 1 heterocycles. The molecule has 5 heteroatoms. The fourth-order valence-corrected chi connectivity index (χ4v) is 1.61. The highest BCUT2D eigenvalue weighted by molar-refractivity contribution is 6.20. The summed E-state index contributed by atoms with van der Waals surface area (Å²) in [6, 6.07) is 4.59. The number of aryl methyl sites for hydroxylation is 1. The van der Waals surface area contributed by atoms with Crippen molar-refractivity contribution in [2.45, 2.75) is 25.6 Å². The first kappa shape index (κ1) is 12.0. The second kappa shape index (κ2) is 4.84. The lowest BCUT2D eigenvalue weighted by molar-refractivity contribution is 0.421. The predicted molar refractivity (Wildman–Crippen MR) is 63.3 cm³/mol. The Morgan fingerprint density at radius 3 is 2.82 bits per heavy atom. The molecule has 0 saturated heterocycles. The van der Waals surface area contributed by atoms with Crippen molar-refractivity contribution >= 4 is 11.6 Å². The summed E-state index contributed by atoms with van der Waals surface area (Å²) < 4.78 is 18.3. The van der Waals surface area contributed by atoms with Gasteiger partial charge in [-0.2, -0.15) is 4.98 Å². The summed E-state index contributed by atoms with van der Waals surface area (Å²) >= 11 is 5.99. The van der Waals surface area contributed by atoms with Crippen LogP contribution in [0, 0.1) is 12.7 Å². The molecule has 2 aromatic rings. The SMILES string of the molecule is CCC(Cl)c1noc(-c2cc(C)cc(F)c2)n1. The highest BCUT2D eigenvalue weighted by Gasteiger charge is 2.15. The van der Waals surface area contributed by atoms with Crippen LogP contribution in [0.3, 0.4) is 0 Å². The molecule has 0 fully saturated rings. The lowest BCUT2D eigenvalue weighted by Crippen LogP contribution is -1.91. The van der Waals surface area contributed by atoms with E-state index in [0.717, 1.165) is 5.56 Å². The molecule has 0 radical (unpaired) electrons. The summed E-state index contributed by atoms with van der Waals surface area (Å²) in [6.45, 7) is 3.74. The number of alkyl halides is 1. The molecule has 1 aromatic carbocycles. The van der Waals surface area contributed by atoms with Gasteiger partial charge in [0, 0.05) is 5.56 Å². The zero-order valence-corrected chi connectivity index (χ0v) is 10.3. The first-order valence-electron chi connectivity index (χ1n) is 5.35. The van der Waals surface area contributed by atoms with E-state index in [9.17, 15) is 4.39 Å². The maximum Gasteiger partial charge on any atom is 0.258 e. The zero-order valence-electron chi connectivity index (χ0n) is 9.58. The molecule has 1 aromatic heterocycles. The Morgan fingerprint density at radius 2 is 2.18 bits per heavy atom. The third-order valence-corrected chi connectivity index (χ3v) is 2.87. The Hall–Kier alpha value is -1.42. The number of rotatable bonds is 3. The monoisotopic (exact) mass is 254 g/mol. The normalized spacial score (nSPS) is 12.7. The van der Waals surface area contributed by atoms with Gasteiger partial charge in [0.2, 0.25) is 0 Å². The average molecular weight is 255 g/mol. The molecule has 1 atom stereocenters. The van der Waals surface area contributed by atoms with Crippen molar-refractivity contribution in [3.05, 3.63) is 35.4 Å². The maximum absolute atomic E-state index is 13.2. The summed E-state index contributed by atoms with van der Waals surface area (Å²) in [4.78, 5) is 4.16. The van der Waals surface area contributed by atoms with Crippen LogP contribution in [0.15, 0.2) is 22.7 Å². The van der Waals surface area contributed by atoms with Gasteiger partial charge in [-0.3, -0.25) is 0 Å². The van der Waals surface area contributed by atoms with Gasteiger partial charge in [-0.05, 0) is 37.1 Å². The van der Waals surface area contributed by atoms with Gasteiger partial charge in [0.1, 0.15) is 5.82 Å². The number of aromatic nitrogens is 2. The van der Waals surface area contributed by atoms with Crippen LogP contribution >= 0.6 is 11.6 Å². The van der Waals surface area contributed by atoms with Gasteiger partial charge >= 0.3 is 0 Å². The van der Waals surface area contributed by atoms with Crippen molar-refractivity contribution in [2.24, 2.45) is 0 Å². The van der Waals surface area contributed by atoms with Crippen LogP contribution in [0.5, 0.6) is 0 Å². The Bertz CT molecular complexity index is 507. The molecular formula is C12H12ClFN2O. The van der Waals surface area contributed by atoms with Crippen LogP contribution in [0.2, 0.25) is 0 Å². The number of hydrogen-bond donors (Lipinski definition) is 0. The number of benzene rings is 1. The second-order valence-electron chi connectivity index (χ2n) is 3.85. The van der Waals surface area contributed by atoms with Gasteiger partial charge in [0.25, 0.3) is 5.89 Å². The fourth-order valence-electron chi connectivity index (χ4n) is 1.52.